The number of nitrogens with one attached hydrogen (secondary N) is 1. The number of aryl methyl sites for hydroxylation is 1. The first-order chi connectivity index (χ1) is 7.66. The van der Waals surface area contributed by atoms with Crippen LogP contribution >= 0.6 is 12.6 Å². The summed E-state index contributed by atoms with van der Waals surface area (Å²) in [5.74, 6) is 0.0419. The lowest BCUT2D eigenvalue weighted by molar-refractivity contribution is 0.0937. The van der Waals surface area contributed by atoms with Crippen LogP contribution in [0, 0.1) is 6.92 Å². The lowest BCUT2D eigenvalue weighted by atomic mass is 10.1. The van der Waals surface area contributed by atoms with E-state index in [0.717, 1.165) is 28.9 Å². The second-order valence-corrected chi connectivity index (χ2v) is 4.97. The van der Waals surface area contributed by atoms with Gasteiger partial charge in [0.25, 0.3) is 5.91 Å². The second kappa shape index (κ2) is 4.91. The first kappa shape index (κ1) is 11.5. The third kappa shape index (κ3) is 2.59. The standard InChI is InChI=1S/C13H17NOS/c1-9-6-7-11(16)8-12(9)13(15)14-10-4-2-3-5-10/h6-8,10,16H,2-5H2,1H3,(H,14,15). The van der Waals surface area contributed by atoms with Gasteiger partial charge < -0.3 is 5.32 Å². The summed E-state index contributed by atoms with van der Waals surface area (Å²) < 4.78 is 0. The van der Waals surface area contributed by atoms with Crippen molar-refractivity contribution in [1.29, 1.82) is 0 Å². The Bertz CT molecular complexity index is 397. The van der Waals surface area contributed by atoms with Crippen LogP contribution in [0.15, 0.2) is 23.1 Å². The number of hydrogen-bond acceptors (Lipinski definition) is 2. The molecule has 1 saturated carbocycles. The molecule has 0 aromatic heterocycles. The number of rotatable bonds is 2. The molecule has 1 fully saturated rings. The Hall–Kier alpha value is -0.960. The van der Waals surface area contributed by atoms with Gasteiger partial charge in [-0.3, -0.25) is 4.79 Å². The minimum Gasteiger partial charge on any atom is -0.349 e. The Balaban J connectivity index is 2.10. The van der Waals surface area contributed by atoms with E-state index in [9.17, 15) is 4.79 Å². The number of thiol groups is 1. The highest BCUT2D eigenvalue weighted by Crippen LogP contribution is 2.19. The SMILES string of the molecule is Cc1ccc(S)cc1C(=O)NC1CCCC1. The van der Waals surface area contributed by atoms with Gasteiger partial charge in [-0.25, -0.2) is 0 Å². The van der Waals surface area contributed by atoms with E-state index in [1.165, 1.54) is 12.8 Å². The van der Waals surface area contributed by atoms with Crippen LogP contribution in [0.25, 0.3) is 0 Å². The zero-order valence-corrected chi connectivity index (χ0v) is 10.4. The number of hydrogen-bond donors (Lipinski definition) is 2. The summed E-state index contributed by atoms with van der Waals surface area (Å²) >= 11 is 4.26. The monoisotopic (exact) mass is 235 g/mol. The smallest absolute Gasteiger partial charge is 0.251 e. The fraction of sp³-hybridized carbons (Fsp3) is 0.462. The predicted molar refractivity (Wildman–Crippen MR) is 68.2 cm³/mol. The number of amides is 1. The van der Waals surface area contributed by atoms with Crippen molar-refractivity contribution in [3.8, 4) is 0 Å². The highest BCUT2D eigenvalue weighted by atomic mass is 32.1. The van der Waals surface area contributed by atoms with E-state index in [2.05, 4.69) is 17.9 Å². The normalized spacial score (nSPS) is 16.4. The summed E-state index contributed by atoms with van der Waals surface area (Å²) in [5.41, 5.74) is 1.76. The number of carbonyl (C=O) groups excluding carboxylic acids is 1. The molecule has 0 spiro atoms. The van der Waals surface area contributed by atoms with Crippen LogP contribution in [0.5, 0.6) is 0 Å². The van der Waals surface area contributed by atoms with Crippen LogP contribution in [-0.4, -0.2) is 11.9 Å². The molecule has 0 heterocycles. The van der Waals surface area contributed by atoms with Gasteiger partial charge in [0.2, 0.25) is 0 Å². The fourth-order valence-electron chi connectivity index (χ4n) is 2.19. The summed E-state index contributed by atoms with van der Waals surface area (Å²) in [4.78, 5) is 12.9. The number of carbonyl (C=O) groups is 1. The molecule has 0 radical (unpaired) electrons. The predicted octanol–water partition coefficient (Wildman–Crippen LogP) is 2.96. The van der Waals surface area contributed by atoms with E-state index in [1.54, 1.807) is 0 Å². The maximum atomic E-state index is 12.0. The molecule has 0 saturated heterocycles. The van der Waals surface area contributed by atoms with Crippen molar-refractivity contribution in [2.24, 2.45) is 0 Å². The molecule has 1 aliphatic carbocycles. The Morgan fingerprint density at radius 1 is 1.38 bits per heavy atom. The average molecular weight is 235 g/mol. The molecule has 2 rings (SSSR count). The lowest BCUT2D eigenvalue weighted by Gasteiger charge is -2.13. The summed E-state index contributed by atoms with van der Waals surface area (Å²) in [6.07, 6.45) is 4.70. The van der Waals surface area contributed by atoms with Gasteiger partial charge >= 0.3 is 0 Å². The van der Waals surface area contributed by atoms with E-state index in [0.29, 0.717) is 6.04 Å². The van der Waals surface area contributed by atoms with Crippen molar-refractivity contribution in [1.82, 2.24) is 5.32 Å². The largest absolute Gasteiger partial charge is 0.349 e. The van der Waals surface area contributed by atoms with Gasteiger partial charge in [-0.05, 0) is 37.5 Å². The second-order valence-electron chi connectivity index (χ2n) is 4.45. The average Bonchev–Trinajstić information content (AvgIpc) is 2.74. The quantitative estimate of drug-likeness (QED) is 0.758. The molecule has 1 aromatic carbocycles. The van der Waals surface area contributed by atoms with Gasteiger partial charge in [-0.15, -0.1) is 12.6 Å². The zero-order chi connectivity index (χ0) is 11.5. The molecule has 0 atom stereocenters. The molecule has 0 bridgehead atoms. The molecular formula is C13H17NOS. The maximum absolute atomic E-state index is 12.0. The van der Waals surface area contributed by atoms with Crippen LogP contribution in [-0.2, 0) is 0 Å². The van der Waals surface area contributed by atoms with Crippen LogP contribution in [0.3, 0.4) is 0 Å². The summed E-state index contributed by atoms with van der Waals surface area (Å²) in [5, 5.41) is 3.09. The summed E-state index contributed by atoms with van der Waals surface area (Å²) in [6.45, 7) is 1.96. The third-order valence-electron chi connectivity index (χ3n) is 3.16. The first-order valence-electron chi connectivity index (χ1n) is 5.77. The molecule has 16 heavy (non-hydrogen) atoms. The topological polar surface area (TPSA) is 29.1 Å². The van der Waals surface area contributed by atoms with Crippen molar-refractivity contribution < 1.29 is 4.79 Å². The minimum absolute atomic E-state index is 0.0419. The molecule has 86 valence electrons. The highest BCUT2D eigenvalue weighted by molar-refractivity contribution is 7.80. The molecule has 1 aromatic rings. The van der Waals surface area contributed by atoms with E-state index < -0.39 is 0 Å². The molecule has 2 nitrogen and oxygen atoms in total. The Morgan fingerprint density at radius 2 is 2.06 bits per heavy atom. The van der Waals surface area contributed by atoms with Crippen LogP contribution < -0.4 is 5.32 Å². The molecule has 3 heteroatoms. The zero-order valence-electron chi connectivity index (χ0n) is 9.49. The summed E-state index contributed by atoms with van der Waals surface area (Å²) in [7, 11) is 0. The van der Waals surface area contributed by atoms with Crippen LogP contribution in [0.2, 0.25) is 0 Å². The van der Waals surface area contributed by atoms with E-state index in [-0.39, 0.29) is 5.91 Å². The number of benzene rings is 1. The molecule has 1 N–H and O–H groups in total. The van der Waals surface area contributed by atoms with Crippen molar-refractivity contribution >= 4 is 18.5 Å². The van der Waals surface area contributed by atoms with Gasteiger partial charge in [0.15, 0.2) is 0 Å². The van der Waals surface area contributed by atoms with E-state index >= 15 is 0 Å². The lowest BCUT2D eigenvalue weighted by Crippen LogP contribution is -2.33. The molecule has 0 aliphatic heterocycles. The van der Waals surface area contributed by atoms with Crippen LogP contribution in [0.4, 0.5) is 0 Å². The van der Waals surface area contributed by atoms with Gasteiger partial charge in [0, 0.05) is 16.5 Å². The molecular weight excluding hydrogens is 218 g/mol. The maximum Gasteiger partial charge on any atom is 0.251 e. The summed E-state index contributed by atoms with van der Waals surface area (Å²) in [6, 6.07) is 6.05. The fourth-order valence-corrected chi connectivity index (χ4v) is 2.39. The van der Waals surface area contributed by atoms with Crippen molar-refractivity contribution in [3.05, 3.63) is 29.3 Å². The van der Waals surface area contributed by atoms with Gasteiger partial charge in [-0.2, -0.15) is 0 Å². The van der Waals surface area contributed by atoms with Gasteiger partial charge in [0.1, 0.15) is 0 Å². The third-order valence-corrected chi connectivity index (χ3v) is 3.43. The van der Waals surface area contributed by atoms with E-state index in [1.807, 2.05) is 25.1 Å². The van der Waals surface area contributed by atoms with E-state index in [4.69, 9.17) is 0 Å². The van der Waals surface area contributed by atoms with Crippen molar-refractivity contribution in [2.45, 2.75) is 43.5 Å². The van der Waals surface area contributed by atoms with Crippen molar-refractivity contribution in [2.75, 3.05) is 0 Å². The van der Waals surface area contributed by atoms with Gasteiger partial charge in [0.05, 0.1) is 0 Å². The van der Waals surface area contributed by atoms with Crippen LogP contribution in [0.1, 0.15) is 41.6 Å². The highest BCUT2D eigenvalue weighted by Gasteiger charge is 2.18. The first-order valence-corrected chi connectivity index (χ1v) is 6.22. The Labute approximate surface area is 102 Å². The van der Waals surface area contributed by atoms with Crippen molar-refractivity contribution in [3.63, 3.8) is 0 Å². The molecule has 1 amide bonds. The molecule has 0 unspecified atom stereocenters. The Kier molecular flexibility index (Phi) is 3.54. The van der Waals surface area contributed by atoms with Gasteiger partial charge in [-0.1, -0.05) is 18.9 Å². The molecule has 1 aliphatic rings. The minimum atomic E-state index is 0.0419. The Morgan fingerprint density at radius 3 is 2.75 bits per heavy atom.